The molecule has 0 aromatic carbocycles. The van der Waals surface area contributed by atoms with Gasteiger partial charge in [0.05, 0.1) is 7.11 Å². The van der Waals surface area contributed by atoms with Gasteiger partial charge in [-0.25, -0.2) is 0 Å². The summed E-state index contributed by atoms with van der Waals surface area (Å²) in [4.78, 5) is 22.4. The lowest BCUT2D eigenvalue weighted by atomic mass is 9.44. The lowest BCUT2D eigenvalue weighted by molar-refractivity contribution is -0.179. The van der Waals surface area contributed by atoms with Gasteiger partial charge in [-0.05, 0) is 55.3 Å². The Balaban J connectivity index is 1.92. The number of hydrogen-bond donors (Lipinski definition) is 1. The molecule has 0 aromatic heterocycles. The maximum absolute atomic E-state index is 12.6. The predicted molar refractivity (Wildman–Crippen MR) is 91.1 cm³/mol. The minimum Gasteiger partial charge on any atom is -0.469 e. The Morgan fingerprint density at radius 1 is 1.23 bits per heavy atom. The van der Waals surface area contributed by atoms with Gasteiger partial charge in [-0.1, -0.05) is 26.0 Å². The van der Waals surface area contributed by atoms with Crippen LogP contribution in [0, 0.1) is 23.2 Å². The van der Waals surface area contributed by atoms with Gasteiger partial charge >= 0.3 is 18.1 Å². The van der Waals surface area contributed by atoms with Gasteiger partial charge in [0, 0.05) is 12.5 Å². The minimum atomic E-state index is -4.84. The van der Waals surface area contributed by atoms with Gasteiger partial charge in [0.15, 0.2) is 0 Å². The maximum Gasteiger partial charge on any atom is 0.471 e. The van der Waals surface area contributed by atoms with Gasteiger partial charge in [0.2, 0.25) is 0 Å². The molecule has 3 saturated carbocycles. The number of alkyl halides is 3. The standard InChI is InChI=1S/C19H28F3NO3/c1-18(2)12-10-14(18)13(8-6-4-5-7-9-16(24)26-3)15(11-12)23-17(25)19(20,21)22/h4,6,12-15H,5,7-11H2,1-3H3,(H,23,25)/t12-,13+,14+,15+/m1/s1. The van der Waals surface area contributed by atoms with Gasteiger partial charge in [0.25, 0.3) is 0 Å². The summed E-state index contributed by atoms with van der Waals surface area (Å²) in [7, 11) is 1.35. The molecule has 0 unspecified atom stereocenters. The van der Waals surface area contributed by atoms with Gasteiger partial charge < -0.3 is 10.1 Å². The molecule has 3 fully saturated rings. The predicted octanol–water partition coefficient (Wildman–Crippen LogP) is 4.01. The summed E-state index contributed by atoms with van der Waals surface area (Å²) in [6.45, 7) is 4.33. The topological polar surface area (TPSA) is 55.4 Å². The maximum atomic E-state index is 12.6. The molecular weight excluding hydrogens is 347 g/mol. The molecule has 4 atom stereocenters. The molecule has 1 N–H and O–H groups in total. The van der Waals surface area contributed by atoms with E-state index in [1.807, 2.05) is 12.2 Å². The van der Waals surface area contributed by atoms with E-state index in [9.17, 15) is 22.8 Å². The number of nitrogens with one attached hydrogen (secondary N) is 1. The Morgan fingerprint density at radius 2 is 1.92 bits per heavy atom. The summed E-state index contributed by atoms with van der Waals surface area (Å²) >= 11 is 0. The van der Waals surface area contributed by atoms with E-state index in [0.29, 0.717) is 37.5 Å². The third-order valence-electron chi connectivity index (χ3n) is 6.25. The molecule has 3 aliphatic rings. The van der Waals surface area contributed by atoms with Gasteiger partial charge in [0.1, 0.15) is 0 Å². The number of ether oxygens (including phenoxy) is 1. The highest BCUT2D eigenvalue weighted by Crippen LogP contribution is 2.62. The molecule has 1 amide bonds. The van der Waals surface area contributed by atoms with E-state index in [4.69, 9.17) is 0 Å². The van der Waals surface area contributed by atoms with Crippen molar-refractivity contribution >= 4 is 11.9 Å². The molecule has 26 heavy (non-hydrogen) atoms. The smallest absolute Gasteiger partial charge is 0.469 e. The van der Waals surface area contributed by atoms with Crippen LogP contribution in [0.1, 0.15) is 52.4 Å². The molecule has 0 heterocycles. The number of esters is 1. The second-order valence-electron chi connectivity index (χ2n) is 8.01. The number of carbonyl (C=O) groups excluding carboxylic acids is 2. The van der Waals surface area contributed by atoms with Crippen molar-refractivity contribution in [3.8, 4) is 0 Å². The number of halogens is 3. The van der Waals surface area contributed by atoms with Crippen molar-refractivity contribution in [2.45, 2.75) is 64.6 Å². The molecule has 0 aromatic rings. The third-order valence-corrected chi connectivity index (χ3v) is 6.25. The van der Waals surface area contributed by atoms with Gasteiger partial charge in [-0.15, -0.1) is 0 Å². The Kier molecular flexibility index (Phi) is 6.40. The average molecular weight is 375 g/mol. The summed E-state index contributed by atoms with van der Waals surface area (Å²) in [5.74, 6) is -1.39. The molecule has 7 heteroatoms. The van der Waals surface area contributed by atoms with Crippen molar-refractivity contribution in [3.05, 3.63) is 12.2 Å². The van der Waals surface area contributed by atoms with Crippen molar-refractivity contribution in [1.29, 1.82) is 0 Å². The molecule has 2 bridgehead atoms. The minimum absolute atomic E-state index is 0.0122. The summed E-state index contributed by atoms with van der Waals surface area (Å²) in [6, 6.07) is -0.430. The average Bonchev–Trinajstić information content (AvgIpc) is 2.57. The lowest BCUT2D eigenvalue weighted by Gasteiger charge is -2.62. The number of amides is 1. The number of allylic oxidation sites excluding steroid dienone is 2. The molecule has 3 aliphatic carbocycles. The zero-order valence-corrected chi connectivity index (χ0v) is 15.6. The largest absolute Gasteiger partial charge is 0.471 e. The second-order valence-corrected chi connectivity index (χ2v) is 8.01. The zero-order chi connectivity index (χ0) is 19.5. The molecule has 0 spiro atoms. The highest BCUT2D eigenvalue weighted by molar-refractivity contribution is 5.82. The fourth-order valence-corrected chi connectivity index (χ4v) is 4.53. The molecule has 0 radical (unpaired) electrons. The van der Waals surface area contributed by atoms with Crippen LogP contribution < -0.4 is 5.32 Å². The van der Waals surface area contributed by atoms with Crippen molar-refractivity contribution in [2.75, 3.05) is 7.11 Å². The fraction of sp³-hybridized carbons (Fsp3) is 0.789. The fourth-order valence-electron chi connectivity index (χ4n) is 4.53. The first kappa shape index (κ1) is 20.8. The van der Waals surface area contributed by atoms with Crippen LogP contribution in [-0.2, 0) is 14.3 Å². The van der Waals surface area contributed by atoms with E-state index in [0.717, 1.165) is 12.8 Å². The number of unbranched alkanes of at least 4 members (excludes halogenated alkanes) is 1. The zero-order valence-electron chi connectivity index (χ0n) is 15.6. The van der Waals surface area contributed by atoms with E-state index < -0.39 is 18.1 Å². The quantitative estimate of drug-likeness (QED) is 0.416. The number of hydrogen-bond acceptors (Lipinski definition) is 3. The van der Waals surface area contributed by atoms with Crippen molar-refractivity contribution in [2.24, 2.45) is 23.2 Å². The monoisotopic (exact) mass is 375 g/mol. The Labute approximate surface area is 152 Å². The Morgan fingerprint density at radius 3 is 2.50 bits per heavy atom. The molecule has 148 valence electrons. The molecule has 0 saturated heterocycles. The van der Waals surface area contributed by atoms with Crippen LogP contribution in [0.25, 0.3) is 0 Å². The summed E-state index contributed by atoms with van der Waals surface area (Å²) in [5.41, 5.74) is 0.114. The van der Waals surface area contributed by atoms with Crippen LogP contribution in [0.15, 0.2) is 12.2 Å². The highest BCUT2D eigenvalue weighted by atomic mass is 19.4. The number of fused-ring (bicyclic) bond motifs is 2. The first-order chi connectivity index (χ1) is 12.1. The van der Waals surface area contributed by atoms with Crippen LogP contribution in [-0.4, -0.2) is 31.2 Å². The van der Waals surface area contributed by atoms with Gasteiger partial charge in [-0.3, -0.25) is 9.59 Å². The van der Waals surface area contributed by atoms with E-state index in [-0.39, 0.29) is 17.3 Å². The van der Waals surface area contributed by atoms with E-state index in [2.05, 4.69) is 23.9 Å². The number of methoxy groups -OCH3 is 1. The normalized spacial score (nSPS) is 29.9. The number of rotatable bonds is 7. The van der Waals surface area contributed by atoms with Crippen LogP contribution in [0.2, 0.25) is 0 Å². The Hall–Kier alpha value is -1.53. The van der Waals surface area contributed by atoms with Crippen molar-refractivity contribution in [1.82, 2.24) is 5.32 Å². The molecule has 4 nitrogen and oxygen atoms in total. The SMILES string of the molecule is COC(=O)CCCC=CC[C@@H]1[C@@H](NC(=O)C(F)(F)F)C[C@H]2C[C@@H]1C2(C)C. The summed E-state index contributed by atoms with van der Waals surface area (Å²) < 4.78 is 42.4. The second kappa shape index (κ2) is 8.01. The first-order valence-corrected chi connectivity index (χ1v) is 9.16. The molecule has 0 aliphatic heterocycles. The lowest BCUT2D eigenvalue weighted by Crippen LogP contribution is -2.62. The van der Waals surface area contributed by atoms with Crippen molar-refractivity contribution in [3.63, 3.8) is 0 Å². The van der Waals surface area contributed by atoms with Crippen LogP contribution in [0.3, 0.4) is 0 Å². The molecule has 3 rings (SSSR count). The Bertz CT molecular complexity index is 557. The first-order valence-electron chi connectivity index (χ1n) is 9.16. The van der Waals surface area contributed by atoms with Crippen LogP contribution in [0.4, 0.5) is 13.2 Å². The van der Waals surface area contributed by atoms with Gasteiger partial charge in [-0.2, -0.15) is 13.2 Å². The summed E-state index contributed by atoms with van der Waals surface area (Å²) in [5, 5.41) is 2.22. The highest BCUT2D eigenvalue weighted by Gasteiger charge is 2.58. The van der Waals surface area contributed by atoms with Crippen LogP contribution >= 0.6 is 0 Å². The van der Waals surface area contributed by atoms with E-state index in [1.165, 1.54) is 7.11 Å². The van der Waals surface area contributed by atoms with E-state index >= 15 is 0 Å². The van der Waals surface area contributed by atoms with Crippen LogP contribution in [0.5, 0.6) is 0 Å². The third kappa shape index (κ3) is 4.60. The number of carbonyl (C=O) groups is 2. The van der Waals surface area contributed by atoms with Crippen molar-refractivity contribution < 1.29 is 27.5 Å². The van der Waals surface area contributed by atoms with E-state index in [1.54, 1.807) is 0 Å². The molecular formula is C19H28F3NO3. The summed E-state index contributed by atoms with van der Waals surface area (Å²) in [6.07, 6.45) is 3.11.